The summed E-state index contributed by atoms with van der Waals surface area (Å²) in [6.07, 6.45) is -1.80. The van der Waals surface area contributed by atoms with Crippen LogP contribution in [-0.2, 0) is 42.9 Å². The predicted molar refractivity (Wildman–Crippen MR) is 125 cm³/mol. The van der Waals surface area contributed by atoms with Gasteiger partial charge in [0.25, 0.3) is 0 Å². The molecule has 1 amide bonds. The molecule has 0 aliphatic rings. The van der Waals surface area contributed by atoms with Crippen molar-refractivity contribution in [2.24, 2.45) is 0 Å². The number of carbonyl (C=O) groups excluding carboxylic acids is 4. The molecule has 13 heteroatoms. The number of rotatable bonds is 12. The van der Waals surface area contributed by atoms with Crippen LogP contribution in [-0.4, -0.2) is 76.6 Å². The number of ether oxygens (including phenoxy) is 4. The molecule has 0 aromatic rings. The van der Waals surface area contributed by atoms with Crippen LogP contribution >= 0.6 is 0 Å². The number of alkyl carbamates (subject to hydrolysis) is 1. The van der Waals surface area contributed by atoms with E-state index in [-0.39, 0.29) is 44.8 Å². The van der Waals surface area contributed by atoms with Crippen LogP contribution in [0.25, 0.3) is 0 Å². The van der Waals surface area contributed by atoms with Gasteiger partial charge in [-0.2, -0.15) is 0 Å². The van der Waals surface area contributed by atoms with Gasteiger partial charge in [0.05, 0.1) is 25.9 Å². The van der Waals surface area contributed by atoms with Gasteiger partial charge in [0.15, 0.2) is 6.10 Å². The molecule has 13 nitrogen and oxygen atoms in total. The summed E-state index contributed by atoms with van der Waals surface area (Å²) in [6.45, 7) is 11.9. The molecule has 0 fully saturated rings. The van der Waals surface area contributed by atoms with Crippen LogP contribution in [0.1, 0.15) is 80.6 Å². The zero-order valence-electron chi connectivity index (χ0n) is 22.0. The molecule has 208 valence electrons. The molecule has 0 bridgehead atoms. The monoisotopic (exact) mass is 521 g/mol. The minimum Gasteiger partial charge on any atom is -0.481 e. The number of hydrogen-bond acceptors (Lipinski definition) is 10. The Morgan fingerprint density at radius 2 is 1.31 bits per heavy atom. The zero-order chi connectivity index (χ0) is 28.5. The normalized spacial score (nSPS) is 11.6. The lowest BCUT2D eigenvalue weighted by Crippen LogP contribution is -2.34. The molecule has 0 saturated carbocycles. The number of carboxylic acids is 2. The van der Waals surface area contributed by atoms with Gasteiger partial charge in [-0.25, -0.2) is 9.59 Å². The van der Waals surface area contributed by atoms with Gasteiger partial charge in [-0.3, -0.25) is 19.2 Å². The second-order valence-corrected chi connectivity index (χ2v) is 9.45. The van der Waals surface area contributed by atoms with E-state index in [0.29, 0.717) is 6.42 Å². The second-order valence-electron chi connectivity index (χ2n) is 9.45. The lowest BCUT2D eigenvalue weighted by Gasteiger charge is -2.19. The third-order valence-corrected chi connectivity index (χ3v) is 3.40. The van der Waals surface area contributed by atoms with Crippen LogP contribution in [0.3, 0.4) is 0 Å². The van der Waals surface area contributed by atoms with E-state index >= 15 is 0 Å². The topological polar surface area (TPSA) is 192 Å². The summed E-state index contributed by atoms with van der Waals surface area (Å²) < 4.78 is 19.3. The van der Waals surface area contributed by atoms with Gasteiger partial charge in [0.1, 0.15) is 11.2 Å². The van der Waals surface area contributed by atoms with Crippen molar-refractivity contribution in [3.8, 4) is 0 Å². The second kappa shape index (κ2) is 17.1. The summed E-state index contributed by atoms with van der Waals surface area (Å²) >= 11 is 0. The molecule has 0 aliphatic heterocycles. The standard InChI is InChI=1S/C12H20O6.C11H19NO6/c1-12(2,3)18-11(16)5-4-8-17-10(15)7-6-9(13)14;1-7(9(14)15)17-8(13)5-6-12-10(16)18-11(2,3)4/h4-8H2,1-3H3,(H,13,14);7H,5-6H2,1-4H3,(H,12,16)(H,14,15). The quantitative estimate of drug-likeness (QED) is 0.193. The summed E-state index contributed by atoms with van der Waals surface area (Å²) in [5.41, 5.74) is -1.13. The lowest BCUT2D eigenvalue weighted by molar-refractivity contribution is -0.162. The summed E-state index contributed by atoms with van der Waals surface area (Å²) in [5, 5.41) is 19.2. The van der Waals surface area contributed by atoms with Crippen molar-refractivity contribution in [3.63, 3.8) is 0 Å². The first kappa shape index (κ1) is 34.8. The van der Waals surface area contributed by atoms with E-state index in [1.807, 2.05) is 0 Å². The largest absolute Gasteiger partial charge is 0.481 e. The smallest absolute Gasteiger partial charge is 0.407 e. The Morgan fingerprint density at radius 3 is 1.78 bits per heavy atom. The maximum Gasteiger partial charge on any atom is 0.407 e. The first-order valence-electron chi connectivity index (χ1n) is 11.3. The molecule has 0 aromatic heterocycles. The highest BCUT2D eigenvalue weighted by Crippen LogP contribution is 2.09. The third kappa shape index (κ3) is 25.2. The molecule has 0 heterocycles. The molecule has 0 aromatic carbocycles. The van der Waals surface area contributed by atoms with E-state index in [2.05, 4.69) is 10.1 Å². The predicted octanol–water partition coefficient (Wildman–Crippen LogP) is 2.43. The van der Waals surface area contributed by atoms with Gasteiger partial charge >= 0.3 is 35.9 Å². The molecule has 1 atom stereocenters. The van der Waals surface area contributed by atoms with Crippen LogP contribution in [0.2, 0.25) is 0 Å². The van der Waals surface area contributed by atoms with Crippen molar-refractivity contribution >= 4 is 35.9 Å². The first-order valence-corrected chi connectivity index (χ1v) is 11.3. The molecule has 0 saturated heterocycles. The van der Waals surface area contributed by atoms with Gasteiger partial charge in [0, 0.05) is 13.0 Å². The van der Waals surface area contributed by atoms with Gasteiger partial charge in [-0.15, -0.1) is 0 Å². The molecule has 36 heavy (non-hydrogen) atoms. The van der Waals surface area contributed by atoms with Crippen molar-refractivity contribution in [2.45, 2.75) is 97.9 Å². The minimum atomic E-state index is -1.22. The van der Waals surface area contributed by atoms with E-state index in [9.17, 15) is 28.8 Å². The van der Waals surface area contributed by atoms with E-state index in [1.54, 1.807) is 41.5 Å². The summed E-state index contributed by atoms with van der Waals surface area (Å²) in [5.74, 6) is -3.87. The molecule has 1 unspecified atom stereocenters. The highest BCUT2D eigenvalue weighted by atomic mass is 16.6. The van der Waals surface area contributed by atoms with Gasteiger partial charge in [0.2, 0.25) is 0 Å². The van der Waals surface area contributed by atoms with Crippen LogP contribution in [0, 0.1) is 0 Å². The number of esters is 3. The Kier molecular flexibility index (Phi) is 16.5. The first-order chi connectivity index (χ1) is 16.3. The summed E-state index contributed by atoms with van der Waals surface area (Å²) in [7, 11) is 0. The van der Waals surface area contributed by atoms with E-state index in [4.69, 9.17) is 24.4 Å². The SMILES string of the molecule is CC(C)(C)OC(=O)CCCOC(=O)CCC(=O)O.CC(OC(=O)CCNC(=O)OC(C)(C)C)C(=O)O. The van der Waals surface area contributed by atoms with Crippen molar-refractivity contribution in [2.75, 3.05) is 13.2 Å². The molecule has 3 N–H and O–H groups in total. The third-order valence-electron chi connectivity index (χ3n) is 3.40. The van der Waals surface area contributed by atoms with Gasteiger partial charge < -0.3 is 34.5 Å². The van der Waals surface area contributed by atoms with Gasteiger partial charge in [-0.05, 0) is 54.9 Å². The molecule has 0 radical (unpaired) electrons. The Balaban J connectivity index is 0. The fourth-order valence-corrected chi connectivity index (χ4v) is 1.96. The van der Waals surface area contributed by atoms with Crippen molar-refractivity contribution in [1.29, 1.82) is 0 Å². The van der Waals surface area contributed by atoms with E-state index in [1.165, 1.54) is 6.92 Å². The highest BCUT2D eigenvalue weighted by Gasteiger charge is 2.18. The van der Waals surface area contributed by atoms with E-state index in [0.717, 1.165) is 0 Å². The summed E-state index contributed by atoms with van der Waals surface area (Å²) in [4.78, 5) is 65.2. The van der Waals surface area contributed by atoms with Crippen LogP contribution in [0.5, 0.6) is 0 Å². The minimum absolute atomic E-state index is 0.0279. The number of nitrogens with one attached hydrogen (secondary N) is 1. The maximum absolute atomic E-state index is 11.3. The highest BCUT2D eigenvalue weighted by molar-refractivity contribution is 5.78. The fraction of sp³-hybridized carbons (Fsp3) is 0.739. The van der Waals surface area contributed by atoms with Crippen molar-refractivity contribution in [1.82, 2.24) is 5.32 Å². The molecule has 0 aliphatic carbocycles. The maximum atomic E-state index is 11.3. The number of aliphatic carboxylic acids is 2. The Labute approximate surface area is 210 Å². The van der Waals surface area contributed by atoms with Crippen LogP contribution in [0.4, 0.5) is 4.79 Å². The Bertz CT molecular complexity index is 749. The fourth-order valence-electron chi connectivity index (χ4n) is 1.96. The summed E-state index contributed by atoms with van der Waals surface area (Å²) in [6, 6.07) is 0. The number of carboxylic acid groups (broad SMARTS) is 2. The molecule has 0 rings (SSSR count). The number of amides is 1. The van der Waals surface area contributed by atoms with Crippen LogP contribution < -0.4 is 5.32 Å². The Morgan fingerprint density at radius 1 is 0.750 bits per heavy atom. The van der Waals surface area contributed by atoms with Gasteiger partial charge in [-0.1, -0.05) is 0 Å². The molecular weight excluding hydrogens is 482 g/mol. The average molecular weight is 522 g/mol. The Hall–Kier alpha value is -3.38. The number of hydrogen-bond donors (Lipinski definition) is 3. The van der Waals surface area contributed by atoms with Crippen molar-refractivity contribution in [3.05, 3.63) is 0 Å². The number of carbonyl (C=O) groups is 6. The molecule has 0 spiro atoms. The van der Waals surface area contributed by atoms with Crippen molar-refractivity contribution < 1.29 is 57.9 Å². The molecular formula is C23H39NO12. The lowest BCUT2D eigenvalue weighted by atomic mass is 10.2. The van der Waals surface area contributed by atoms with Crippen LogP contribution in [0.15, 0.2) is 0 Å². The van der Waals surface area contributed by atoms with E-state index < -0.39 is 47.3 Å². The zero-order valence-corrected chi connectivity index (χ0v) is 22.0. The average Bonchev–Trinajstić information content (AvgIpc) is 2.67.